The van der Waals surface area contributed by atoms with E-state index in [-0.39, 0.29) is 29.7 Å². The molecule has 2 aromatic rings. The Bertz CT molecular complexity index is 1220. The van der Waals surface area contributed by atoms with E-state index < -0.39 is 16.1 Å². The number of sulfonamides is 1. The minimum absolute atomic E-state index is 0.123. The zero-order valence-corrected chi connectivity index (χ0v) is 24.3. The lowest BCUT2D eigenvalue weighted by Gasteiger charge is -2.32. The van der Waals surface area contributed by atoms with Gasteiger partial charge in [0.1, 0.15) is 0 Å². The summed E-state index contributed by atoms with van der Waals surface area (Å²) in [7, 11) is -0.705. The lowest BCUT2D eigenvalue weighted by Crippen LogP contribution is -2.51. The average molecular weight is 577 g/mol. The number of nitrogens with one attached hydrogen (secondary N) is 3. The number of rotatable bonds is 14. The van der Waals surface area contributed by atoms with Gasteiger partial charge in [0.05, 0.1) is 19.5 Å². The van der Waals surface area contributed by atoms with E-state index in [2.05, 4.69) is 15.4 Å². The topological polar surface area (TPSA) is 135 Å². The van der Waals surface area contributed by atoms with Crippen LogP contribution in [0.15, 0.2) is 48.5 Å². The molecule has 220 valence electrons. The largest absolute Gasteiger partial charge is 0.493 e. The molecule has 0 aliphatic carbocycles. The summed E-state index contributed by atoms with van der Waals surface area (Å²) in [6.45, 7) is 6.22. The second-order valence-corrected chi connectivity index (χ2v) is 11.7. The lowest BCUT2D eigenvalue weighted by molar-refractivity contribution is 0.0669. The third-order valence-corrected chi connectivity index (χ3v) is 7.79. The molecule has 0 radical (unpaired) electrons. The molecule has 0 saturated carbocycles. The molecule has 1 fully saturated rings. The number of urea groups is 1. The number of benzene rings is 2. The molecule has 2 aromatic carbocycles. The van der Waals surface area contributed by atoms with Gasteiger partial charge >= 0.3 is 6.03 Å². The van der Waals surface area contributed by atoms with Gasteiger partial charge in [-0.2, -0.15) is 0 Å². The quantitative estimate of drug-likeness (QED) is 0.292. The molecule has 0 spiro atoms. The molecule has 1 aliphatic heterocycles. The number of methoxy groups -OCH3 is 2. The predicted octanol–water partition coefficient (Wildman–Crippen LogP) is 2.38. The maximum absolute atomic E-state index is 13.6. The van der Waals surface area contributed by atoms with Crippen LogP contribution in [0.1, 0.15) is 36.2 Å². The van der Waals surface area contributed by atoms with Crippen molar-refractivity contribution >= 4 is 22.0 Å². The van der Waals surface area contributed by atoms with Crippen LogP contribution >= 0.6 is 0 Å². The summed E-state index contributed by atoms with van der Waals surface area (Å²) in [4.78, 5) is 28.0. The maximum Gasteiger partial charge on any atom is 0.328 e. The number of amides is 3. The summed E-state index contributed by atoms with van der Waals surface area (Å²) in [5.41, 5.74) is 1.04. The lowest BCUT2D eigenvalue weighted by atomic mass is 10.0. The van der Waals surface area contributed by atoms with E-state index in [1.807, 2.05) is 13.8 Å². The van der Waals surface area contributed by atoms with Gasteiger partial charge in [-0.1, -0.05) is 30.3 Å². The molecule has 0 bridgehead atoms. The van der Waals surface area contributed by atoms with Crippen LogP contribution in [-0.4, -0.2) is 84.4 Å². The second kappa shape index (κ2) is 14.9. The summed E-state index contributed by atoms with van der Waals surface area (Å²) >= 11 is 0. The molecule has 11 nitrogen and oxygen atoms in total. The number of carbonyl (C=O) groups excluding carboxylic acids is 2. The van der Waals surface area contributed by atoms with Crippen LogP contribution in [0.3, 0.4) is 0 Å². The van der Waals surface area contributed by atoms with Gasteiger partial charge in [-0.05, 0) is 37.6 Å². The van der Waals surface area contributed by atoms with Crippen molar-refractivity contribution in [1.82, 2.24) is 20.3 Å². The Kier molecular flexibility index (Phi) is 11.6. The number of nitrogens with zero attached hydrogens (tertiary/aromatic N) is 1. The van der Waals surface area contributed by atoms with Gasteiger partial charge in [-0.25, -0.2) is 17.9 Å². The highest BCUT2D eigenvalue weighted by atomic mass is 32.2. The van der Waals surface area contributed by atoms with Crippen molar-refractivity contribution in [3.05, 3.63) is 59.7 Å². The van der Waals surface area contributed by atoms with Crippen molar-refractivity contribution in [3.63, 3.8) is 0 Å². The van der Waals surface area contributed by atoms with E-state index in [0.29, 0.717) is 61.9 Å². The highest BCUT2D eigenvalue weighted by molar-refractivity contribution is 7.89. The summed E-state index contributed by atoms with van der Waals surface area (Å²) in [6, 6.07) is 12.5. The third-order valence-electron chi connectivity index (χ3n) is 6.58. The van der Waals surface area contributed by atoms with Gasteiger partial charge in [-0.15, -0.1) is 0 Å². The first-order chi connectivity index (χ1) is 19.1. The van der Waals surface area contributed by atoms with E-state index in [4.69, 9.17) is 14.2 Å². The summed E-state index contributed by atoms with van der Waals surface area (Å²) < 4.78 is 43.4. The van der Waals surface area contributed by atoms with Gasteiger partial charge in [-0.3, -0.25) is 4.79 Å². The zero-order chi connectivity index (χ0) is 29.1. The minimum Gasteiger partial charge on any atom is -0.493 e. The van der Waals surface area contributed by atoms with E-state index in [9.17, 15) is 18.0 Å². The van der Waals surface area contributed by atoms with Gasteiger partial charge in [0.25, 0.3) is 5.91 Å². The molecule has 2 atom stereocenters. The van der Waals surface area contributed by atoms with Crippen LogP contribution in [0.4, 0.5) is 4.79 Å². The fraction of sp³-hybridized carbons (Fsp3) is 0.500. The molecule has 1 aliphatic rings. The van der Waals surface area contributed by atoms with Crippen molar-refractivity contribution in [3.8, 4) is 11.5 Å². The van der Waals surface area contributed by atoms with Crippen molar-refractivity contribution < 1.29 is 32.2 Å². The summed E-state index contributed by atoms with van der Waals surface area (Å²) in [5.74, 6) is 0.395. The Hall–Kier alpha value is -3.35. The average Bonchev–Trinajstić information content (AvgIpc) is 3.35. The number of carbonyl (C=O) groups is 2. The minimum atomic E-state index is -3.88. The van der Waals surface area contributed by atoms with Gasteiger partial charge < -0.3 is 29.7 Å². The fourth-order valence-electron chi connectivity index (χ4n) is 4.52. The monoisotopic (exact) mass is 576 g/mol. The SMILES string of the molecule is COCCCOc1cc(C(=O)N(C[C@@H]2CNC[C@H]2NC(=O)NS(=O)(=O)Cc2ccccc2)C(C)C)ccc1OC. The standard InChI is InChI=1S/C28H40N4O7S/c1-20(2)32(27(33)22-11-12-25(38-4)26(15-22)39-14-8-13-37-3)18-23-16-29-17-24(23)30-28(34)31-40(35,36)19-21-9-6-5-7-10-21/h5-7,9-12,15,20,23-24,29H,8,13-14,16-19H2,1-4H3,(H2,30,31,34)/t23-,24+/m0/s1. The Balaban J connectivity index is 1.65. The smallest absolute Gasteiger partial charge is 0.328 e. The Morgan fingerprint density at radius 1 is 1.05 bits per heavy atom. The third kappa shape index (κ3) is 9.10. The molecular formula is C28H40N4O7S. The van der Waals surface area contributed by atoms with Crippen LogP contribution < -0.4 is 24.8 Å². The molecule has 3 N–H and O–H groups in total. The fourth-order valence-corrected chi connectivity index (χ4v) is 5.56. The molecule has 1 heterocycles. The molecule has 0 unspecified atom stereocenters. The zero-order valence-electron chi connectivity index (χ0n) is 23.5. The van der Waals surface area contributed by atoms with Gasteiger partial charge in [0.15, 0.2) is 11.5 Å². The van der Waals surface area contributed by atoms with Crippen molar-refractivity contribution in [2.45, 2.75) is 38.1 Å². The number of ether oxygens (including phenoxy) is 3. The molecule has 3 amide bonds. The number of hydrogen-bond donors (Lipinski definition) is 3. The van der Waals surface area contributed by atoms with Crippen molar-refractivity contribution in [2.75, 3.05) is 47.1 Å². The Labute approximate surface area is 236 Å². The first-order valence-electron chi connectivity index (χ1n) is 13.3. The second-order valence-electron chi connectivity index (χ2n) is 9.96. The van der Waals surface area contributed by atoms with E-state index in [0.717, 1.165) is 0 Å². The van der Waals surface area contributed by atoms with E-state index in [1.165, 1.54) is 0 Å². The molecular weight excluding hydrogens is 536 g/mol. The predicted molar refractivity (Wildman–Crippen MR) is 152 cm³/mol. The van der Waals surface area contributed by atoms with Crippen LogP contribution in [-0.2, 0) is 20.5 Å². The summed E-state index contributed by atoms with van der Waals surface area (Å²) in [6.07, 6.45) is 0.695. The number of hydrogen-bond acceptors (Lipinski definition) is 8. The Morgan fingerprint density at radius 3 is 2.48 bits per heavy atom. The molecule has 1 saturated heterocycles. The Morgan fingerprint density at radius 2 is 1.80 bits per heavy atom. The van der Waals surface area contributed by atoms with E-state index in [1.54, 1.807) is 67.7 Å². The highest BCUT2D eigenvalue weighted by Crippen LogP contribution is 2.29. The van der Waals surface area contributed by atoms with Gasteiger partial charge in [0.2, 0.25) is 10.0 Å². The molecule has 40 heavy (non-hydrogen) atoms. The molecule has 3 rings (SSSR count). The van der Waals surface area contributed by atoms with Crippen molar-refractivity contribution in [1.29, 1.82) is 0 Å². The van der Waals surface area contributed by atoms with Crippen LogP contribution in [0.25, 0.3) is 0 Å². The summed E-state index contributed by atoms with van der Waals surface area (Å²) in [5, 5.41) is 6.01. The molecule has 12 heteroatoms. The van der Waals surface area contributed by atoms with Crippen LogP contribution in [0, 0.1) is 5.92 Å². The van der Waals surface area contributed by atoms with Gasteiger partial charge in [0, 0.05) is 63.3 Å². The van der Waals surface area contributed by atoms with Crippen LogP contribution in [0.5, 0.6) is 11.5 Å². The van der Waals surface area contributed by atoms with Crippen LogP contribution in [0.2, 0.25) is 0 Å². The first-order valence-corrected chi connectivity index (χ1v) is 14.9. The first kappa shape index (κ1) is 31.2. The molecule has 0 aromatic heterocycles. The van der Waals surface area contributed by atoms with Crippen molar-refractivity contribution in [2.24, 2.45) is 5.92 Å². The maximum atomic E-state index is 13.6. The normalized spacial score (nSPS) is 16.9. The van der Waals surface area contributed by atoms with E-state index >= 15 is 0 Å². The highest BCUT2D eigenvalue weighted by Gasteiger charge is 2.33.